The normalized spacial score (nSPS) is 12.8. The predicted octanol–water partition coefficient (Wildman–Crippen LogP) is 1.78. The summed E-state index contributed by atoms with van der Waals surface area (Å²) in [5.74, 6) is -0.211. The molecule has 5 nitrogen and oxygen atoms in total. The Hall–Kier alpha value is -1.40. The number of rotatable bonds is 7. The van der Waals surface area contributed by atoms with Gasteiger partial charge in [-0.1, -0.05) is 26.8 Å². The lowest BCUT2D eigenvalue weighted by Crippen LogP contribution is -2.39. The average Bonchev–Trinajstić information content (AvgIpc) is 2.93. The van der Waals surface area contributed by atoms with Crippen LogP contribution in [0.5, 0.6) is 0 Å². The molecule has 6 heteroatoms. The molecule has 0 spiro atoms. The summed E-state index contributed by atoms with van der Waals surface area (Å²) in [5.41, 5.74) is -0.248. The molecule has 1 aromatic rings. The summed E-state index contributed by atoms with van der Waals surface area (Å²) in [6, 6.07) is 3.59. The van der Waals surface area contributed by atoms with Crippen molar-refractivity contribution in [2.24, 2.45) is 5.41 Å². The van der Waals surface area contributed by atoms with E-state index < -0.39 is 6.10 Å². The van der Waals surface area contributed by atoms with Gasteiger partial charge in [-0.3, -0.25) is 9.59 Å². The lowest BCUT2D eigenvalue weighted by molar-refractivity contribution is -0.122. The van der Waals surface area contributed by atoms with Gasteiger partial charge >= 0.3 is 0 Å². The van der Waals surface area contributed by atoms with Crippen LogP contribution in [0.25, 0.3) is 0 Å². The highest BCUT2D eigenvalue weighted by atomic mass is 32.1. The smallest absolute Gasteiger partial charge is 0.261 e. The largest absolute Gasteiger partial charge is 0.391 e. The molecule has 1 heterocycles. The molecule has 118 valence electrons. The Morgan fingerprint density at radius 3 is 2.62 bits per heavy atom. The summed E-state index contributed by atoms with van der Waals surface area (Å²) in [5, 5.41) is 17.1. The van der Waals surface area contributed by atoms with Crippen molar-refractivity contribution in [1.82, 2.24) is 10.6 Å². The number of aliphatic hydroxyl groups excluding tert-OH is 1. The van der Waals surface area contributed by atoms with E-state index in [0.717, 1.165) is 0 Å². The molecule has 1 unspecified atom stereocenters. The zero-order valence-electron chi connectivity index (χ0n) is 12.8. The molecule has 3 N–H and O–H groups in total. The van der Waals surface area contributed by atoms with Gasteiger partial charge < -0.3 is 15.7 Å². The second kappa shape index (κ2) is 8.14. The fourth-order valence-corrected chi connectivity index (χ4v) is 2.19. The van der Waals surface area contributed by atoms with Crippen molar-refractivity contribution in [1.29, 1.82) is 0 Å². The lowest BCUT2D eigenvalue weighted by Gasteiger charge is -2.25. The molecule has 0 fully saturated rings. The van der Waals surface area contributed by atoms with Crippen LogP contribution in [0.1, 0.15) is 43.3 Å². The molecule has 1 atom stereocenters. The van der Waals surface area contributed by atoms with Gasteiger partial charge in [0.25, 0.3) is 5.91 Å². The fraction of sp³-hybridized carbons (Fsp3) is 0.600. The lowest BCUT2D eigenvalue weighted by atomic mass is 9.89. The van der Waals surface area contributed by atoms with Gasteiger partial charge in [-0.05, 0) is 23.3 Å². The maximum atomic E-state index is 11.6. The van der Waals surface area contributed by atoms with Gasteiger partial charge in [-0.25, -0.2) is 0 Å². The molecule has 21 heavy (non-hydrogen) atoms. The second-order valence-corrected chi connectivity index (χ2v) is 6.97. The predicted molar refractivity (Wildman–Crippen MR) is 84.4 cm³/mol. The van der Waals surface area contributed by atoms with Gasteiger partial charge in [-0.2, -0.15) is 0 Å². The van der Waals surface area contributed by atoms with E-state index in [1.165, 1.54) is 11.3 Å². The van der Waals surface area contributed by atoms with E-state index in [0.29, 0.717) is 24.3 Å². The summed E-state index contributed by atoms with van der Waals surface area (Å²) >= 11 is 1.39. The first-order chi connectivity index (χ1) is 9.80. The van der Waals surface area contributed by atoms with Crippen molar-refractivity contribution in [3.8, 4) is 0 Å². The maximum Gasteiger partial charge on any atom is 0.261 e. The van der Waals surface area contributed by atoms with Gasteiger partial charge in [0.05, 0.1) is 11.0 Å². The first-order valence-electron chi connectivity index (χ1n) is 7.07. The van der Waals surface area contributed by atoms with Crippen LogP contribution in [-0.2, 0) is 4.79 Å². The number of nitrogens with one attached hydrogen (secondary N) is 2. The van der Waals surface area contributed by atoms with Crippen molar-refractivity contribution in [2.75, 3.05) is 13.1 Å². The van der Waals surface area contributed by atoms with Crippen molar-refractivity contribution in [2.45, 2.75) is 39.7 Å². The molecular weight excluding hydrogens is 288 g/mol. The zero-order valence-corrected chi connectivity index (χ0v) is 13.6. The van der Waals surface area contributed by atoms with Gasteiger partial charge in [0, 0.05) is 19.5 Å². The number of carbonyl (C=O) groups is 2. The SMILES string of the molecule is CC(C)(C)C(O)CNC(=O)CCCNC(=O)c1cccs1. The Labute approximate surface area is 129 Å². The molecule has 0 saturated carbocycles. The minimum absolute atomic E-state index is 0.103. The van der Waals surface area contributed by atoms with Crippen LogP contribution in [0.4, 0.5) is 0 Å². The highest BCUT2D eigenvalue weighted by molar-refractivity contribution is 7.12. The second-order valence-electron chi connectivity index (χ2n) is 6.02. The summed E-state index contributed by atoms with van der Waals surface area (Å²) in [6.07, 6.45) is 0.343. The van der Waals surface area contributed by atoms with Crippen molar-refractivity contribution in [3.05, 3.63) is 22.4 Å². The quantitative estimate of drug-likeness (QED) is 0.672. The van der Waals surface area contributed by atoms with E-state index in [1.54, 1.807) is 6.07 Å². The third-order valence-corrected chi connectivity index (χ3v) is 3.97. The maximum absolute atomic E-state index is 11.6. The molecule has 0 aliphatic heterocycles. The van der Waals surface area contributed by atoms with Gasteiger partial charge in [0.15, 0.2) is 0 Å². The Balaban J connectivity index is 2.12. The molecule has 1 aromatic heterocycles. The topological polar surface area (TPSA) is 78.4 Å². The molecule has 0 saturated heterocycles. The first-order valence-corrected chi connectivity index (χ1v) is 7.95. The molecule has 2 amide bonds. The Bertz CT molecular complexity index is 452. The van der Waals surface area contributed by atoms with Gasteiger partial charge in [0.1, 0.15) is 0 Å². The number of carbonyl (C=O) groups excluding carboxylic acids is 2. The third kappa shape index (κ3) is 6.73. The van der Waals surface area contributed by atoms with Gasteiger partial charge in [-0.15, -0.1) is 11.3 Å². The van der Waals surface area contributed by atoms with Crippen molar-refractivity contribution >= 4 is 23.2 Å². The first kappa shape index (κ1) is 17.7. The molecule has 0 aliphatic rings. The van der Waals surface area contributed by atoms with Crippen molar-refractivity contribution in [3.63, 3.8) is 0 Å². The summed E-state index contributed by atoms with van der Waals surface area (Å²) < 4.78 is 0. The summed E-state index contributed by atoms with van der Waals surface area (Å²) in [6.45, 7) is 6.48. The van der Waals surface area contributed by atoms with E-state index in [-0.39, 0.29) is 23.8 Å². The zero-order chi connectivity index (χ0) is 15.9. The molecule has 0 bridgehead atoms. The van der Waals surface area contributed by atoms with Crippen LogP contribution in [0.2, 0.25) is 0 Å². The minimum Gasteiger partial charge on any atom is -0.391 e. The van der Waals surface area contributed by atoms with E-state index >= 15 is 0 Å². The number of hydrogen-bond donors (Lipinski definition) is 3. The number of amides is 2. The highest BCUT2D eigenvalue weighted by Gasteiger charge is 2.22. The molecule has 0 radical (unpaired) electrons. The van der Waals surface area contributed by atoms with E-state index in [1.807, 2.05) is 32.2 Å². The van der Waals surface area contributed by atoms with Crippen LogP contribution >= 0.6 is 11.3 Å². The molecular formula is C15H24N2O3S. The molecule has 1 rings (SSSR count). The monoisotopic (exact) mass is 312 g/mol. The number of aliphatic hydroxyl groups is 1. The van der Waals surface area contributed by atoms with Crippen molar-refractivity contribution < 1.29 is 14.7 Å². The van der Waals surface area contributed by atoms with Gasteiger partial charge in [0.2, 0.25) is 5.91 Å². The Morgan fingerprint density at radius 1 is 1.33 bits per heavy atom. The summed E-state index contributed by atoms with van der Waals surface area (Å²) in [7, 11) is 0. The minimum atomic E-state index is -0.569. The van der Waals surface area contributed by atoms with E-state index in [2.05, 4.69) is 10.6 Å². The third-order valence-electron chi connectivity index (χ3n) is 3.10. The van der Waals surface area contributed by atoms with E-state index in [4.69, 9.17) is 0 Å². The van der Waals surface area contributed by atoms with Crippen LogP contribution in [0, 0.1) is 5.41 Å². The number of thiophene rings is 1. The molecule has 0 aliphatic carbocycles. The van der Waals surface area contributed by atoms with Crippen LogP contribution in [0.3, 0.4) is 0 Å². The fourth-order valence-electron chi connectivity index (χ4n) is 1.55. The van der Waals surface area contributed by atoms with Crippen LogP contribution in [0.15, 0.2) is 17.5 Å². The molecule has 0 aromatic carbocycles. The number of hydrogen-bond acceptors (Lipinski definition) is 4. The standard InChI is InChI=1S/C15H24N2O3S/c1-15(2,3)12(18)10-17-13(19)7-4-8-16-14(20)11-6-5-9-21-11/h5-6,9,12,18H,4,7-8,10H2,1-3H3,(H,16,20)(H,17,19). The van der Waals surface area contributed by atoms with Crippen LogP contribution in [-0.4, -0.2) is 36.1 Å². The Kier molecular flexibility index (Phi) is 6.84. The average molecular weight is 312 g/mol. The Morgan fingerprint density at radius 2 is 2.05 bits per heavy atom. The highest BCUT2D eigenvalue weighted by Crippen LogP contribution is 2.18. The summed E-state index contributed by atoms with van der Waals surface area (Å²) in [4.78, 5) is 23.9. The van der Waals surface area contributed by atoms with Crippen LogP contribution < -0.4 is 10.6 Å². The van der Waals surface area contributed by atoms with E-state index in [9.17, 15) is 14.7 Å².